The van der Waals surface area contributed by atoms with Gasteiger partial charge in [0.05, 0.1) is 0 Å². The fraction of sp³-hybridized carbons (Fsp3) is 0.222. The van der Waals surface area contributed by atoms with Crippen LogP contribution in [-0.4, -0.2) is 23.2 Å². The summed E-state index contributed by atoms with van der Waals surface area (Å²) >= 11 is 0. The lowest BCUT2D eigenvalue weighted by atomic mass is 10.0. The highest BCUT2D eigenvalue weighted by atomic mass is 19.1. The molecule has 1 saturated heterocycles. The van der Waals surface area contributed by atoms with Crippen molar-refractivity contribution in [2.75, 3.05) is 18.0 Å². The lowest BCUT2D eigenvalue weighted by molar-refractivity contribution is 0.419. The van der Waals surface area contributed by atoms with Gasteiger partial charge >= 0.3 is 6.01 Å². The van der Waals surface area contributed by atoms with Gasteiger partial charge in [0, 0.05) is 18.7 Å². The van der Waals surface area contributed by atoms with Crippen molar-refractivity contribution in [2.45, 2.75) is 12.8 Å². The number of aromatic nitrogens is 2. The van der Waals surface area contributed by atoms with Crippen molar-refractivity contribution in [3.05, 3.63) is 54.3 Å². The Labute approximate surface area is 133 Å². The van der Waals surface area contributed by atoms with Gasteiger partial charge < -0.3 is 9.42 Å². The molecule has 4 rings (SSSR count). The minimum atomic E-state index is -0.236. The highest BCUT2D eigenvalue weighted by Gasteiger charge is 2.19. The number of anilines is 1. The third-order valence-corrected chi connectivity index (χ3v) is 4.09. The molecule has 5 heteroatoms. The zero-order valence-corrected chi connectivity index (χ0v) is 12.6. The summed E-state index contributed by atoms with van der Waals surface area (Å²) in [5, 5.41) is 4.06. The predicted octanol–water partition coefficient (Wildman–Crippen LogP) is 4.14. The van der Waals surface area contributed by atoms with Gasteiger partial charge in [-0.25, -0.2) is 4.39 Å². The van der Waals surface area contributed by atoms with Crippen LogP contribution in [0.4, 0.5) is 10.4 Å². The Kier molecular flexibility index (Phi) is 3.54. The van der Waals surface area contributed by atoms with E-state index in [1.165, 1.54) is 25.0 Å². The Morgan fingerprint density at radius 1 is 0.913 bits per heavy atom. The molecule has 3 aromatic rings. The van der Waals surface area contributed by atoms with Crippen LogP contribution in [0.15, 0.2) is 53.1 Å². The molecule has 0 spiro atoms. The van der Waals surface area contributed by atoms with E-state index in [0.717, 1.165) is 29.8 Å². The van der Waals surface area contributed by atoms with E-state index in [4.69, 9.17) is 4.52 Å². The molecule has 0 amide bonds. The molecule has 116 valence electrons. The van der Waals surface area contributed by atoms with Gasteiger partial charge in [0.15, 0.2) is 0 Å². The molecule has 23 heavy (non-hydrogen) atoms. The Balaban J connectivity index is 1.58. The van der Waals surface area contributed by atoms with E-state index in [-0.39, 0.29) is 5.82 Å². The summed E-state index contributed by atoms with van der Waals surface area (Å²) in [7, 11) is 0. The topological polar surface area (TPSA) is 42.2 Å². The average Bonchev–Trinajstić information content (AvgIpc) is 3.26. The van der Waals surface area contributed by atoms with Crippen LogP contribution in [0.1, 0.15) is 12.8 Å². The molecule has 0 atom stereocenters. The van der Waals surface area contributed by atoms with Crippen molar-refractivity contribution < 1.29 is 8.91 Å². The average molecular weight is 309 g/mol. The molecule has 1 aliphatic heterocycles. The van der Waals surface area contributed by atoms with Gasteiger partial charge in [0.25, 0.3) is 0 Å². The van der Waals surface area contributed by atoms with E-state index in [1.807, 2.05) is 30.3 Å². The van der Waals surface area contributed by atoms with Crippen molar-refractivity contribution in [2.24, 2.45) is 0 Å². The fourth-order valence-electron chi connectivity index (χ4n) is 2.85. The predicted molar refractivity (Wildman–Crippen MR) is 86.6 cm³/mol. The van der Waals surface area contributed by atoms with Crippen molar-refractivity contribution in [3.63, 3.8) is 0 Å². The molecule has 2 heterocycles. The van der Waals surface area contributed by atoms with Crippen LogP contribution in [0, 0.1) is 5.82 Å². The van der Waals surface area contributed by atoms with E-state index >= 15 is 0 Å². The first-order valence-corrected chi connectivity index (χ1v) is 7.75. The van der Waals surface area contributed by atoms with Crippen LogP contribution < -0.4 is 4.90 Å². The number of halogens is 1. The van der Waals surface area contributed by atoms with E-state index in [0.29, 0.717) is 11.8 Å². The van der Waals surface area contributed by atoms with Gasteiger partial charge in [0.1, 0.15) is 5.82 Å². The molecule has 2 aromatic carbocycles. The van der Waals surface area contributed by atoms with Crippen LogP contribution in [0.5, 0.6) is 0 Å². The number of benzene rings is 2. The maximum absolute atomic E-state index is 13.3. The Hall–Kier alpha value is -2.69. The molecule has 4 nitrogen and oxygen atoms in total. The largest absolute Gasteiger partial charge is 0.324 e. The minimum Gasteiger partial charge on any atom is -0.324 e. The number of hydrogen-bond acceptors (Lipinski definition) is 4. The molecule has 1 fully saturated rings. The van der Waals surface area contributed by atoms with Crippen LogP contribution in [0.2, 0.25) is 0 Å². The van der Waals surface area contributed by atoms with Crippen molar-refractivity contribution in [1.29, 1.82) is 0 Å². The number of nitrogens with zero attached hydrogens (tertiary/aromatic N) is 3. The molecule has 1 aromatic heterocycles. The monoisotopic (exact) mass is 309 g/mol. The van der Waals surface area contributed by atoms with Gasteiger partial charge in [-0.3, -0.25) is 0 Å². The van der Waals surface area contributed by atoms with Gasteiger partial charge in [-0.15, -0.1) is 0 Å². The van der Waals surface area contributed by atoms with Crippen LogP contribution >= 0.6 is 0 Å². The standard InChI is InChI=1S/C18H16FN3O/c19-16-5-3-4-15(12-16)13-6-8-14(9-7-13)17-20-18(23-21-17)22-10-1-2-11-22/h3-9,12H,1-2,10-11H2. The molecule has 0 unspecified atom stereocenters. The molecule has 0 N–H and O–H groups in total. The first-order valence-electron chi connectivity index (χ1n) is 7.75. The van der Waals surface area contributed by atoms with Gasteiger partial charge in [-0.2, -0.15) is 4.98 Å². The molecular weight excluding hydrogens is 293 g/mol. The summed E-state index contributed by atoms with van der Waals surface area (Å²) in [5.74, 6) is 0.345. The van der Waals surface area contributed by atoms with Crippen molar-refractivity contribution in [1.82, 2.24) is 10.1 Å². The van der Waals surface area contributed by atoms with E-state index < -0.39 is 0 Å². The maximum Gasteiger partial charge on any atom is 0.324 e. The lowest BCUT2D eigenvalue weighted by Crippen LogP contribution is -2.17. The number of rotatable bonds is 3. The Bertz CT molecular complexity index is 807. The summed E-state index contributed by atoms with van der Waals surface area (Å²) in [6, 6.07) is 14.9. The fourth-order valence-corrected chi connectivity index (χ4v) is 2.85. The Morgan fingerprint density at radius 2 is 1.65 bits per heavy atom. The minimum absolute atomic E-state index is 0.236. The summed E-state index contributed by atoms with van der Waals surface area (Å²) < 4.78 is 18.7. The Morgan fingerprint density at radius 3 is 2.39 bits per heavy atom. The van der Waals surface area contributed by atoms with Crippen molar-refractivity contribution in [3.8, 4) is 22.5 Å². The van der Waals surface area contributed by atoms with E-state index in [2.05, 4.69) is 15.0 Å². The van der Waals surface area contributed by atoms with Crippen LogP contribution in [0.25, 0.3) is 22.5 Å². The first-order chi connectivity index (χ1) is 11.3. The highest BCUT2D eigenvalue weighted by molar-refractivity contribution is 5.67. The van der Waals surface area contributed by atoms with Crippen LogP contribution in [-0.2, 0) is 0 Å². The summed E-state index contributed by atoms with van der Waals surface area (Å²) in [6.07, 6.45) is 2.33. The summed E-state index contributed by atoms with van der Waals surface area (Å²) in [5.41, 5.74) is 2.69. The highest BCUT2D eigenvalue weighted by Crippen LogP contribution is 2.26. The molecule has 0 saturated carbocycles. The van der Waals surface area contributed by atoms with Crippen LogP contribution in [0.3, 0.4) is 0 Å². The van der Waals surface area contributed by atoms with Gasteiger partial charge in [0.2, 0.25) is 5.82 Å². The quantitative estimate of drug-likeness (QED) is 0.729. The normalized spacial score (nSPS) is 14.4. The second-order valence-corrected chi connectivity index (χ2v) is 5.68. The van der Waals surface area contributed by atoms with Crippen molar-refractivity contribution >= 4 is 6.01 Å². The summed E-state index contributed by atoms with van der Waals surface area (Å²) in [4.78, 5) is 6.58. The molecule has 0 bridgehead atoms. The third-order valence-electron chi connectivity index (χ3n) is 4.09. The zero-order chi connectivity index (χ0) is 15.6. The zero-order valence-electron chi connectivity index (χ0n) is 12.6. The second-order valence-electron chi connectivity index (χ2n) is 5.68. The SMILES string of the molecule is Fc1cccc(-c2ccc(-c3noc(N4CCCC4)n3)cc2)c1. The number of hydrogen-bond donors (Lipinski definition) is 0. The lowest BCUT2D eigenvalue weighted by Gasteiger charge is -2.09. The van der Waals surface area contributed by atoms with Gasteiger partial charge in [-0.1, -0.05) is 41.6 Å². The smallest absolute Gasteiger partial charge is 0.324 e. The van der Waals surface area contributed by atoms with E-state index in [9.17, 15) is 4.39 Å². The first kappa shape index (κ1) is 13.9. The maximum atomic E-state index is 13.3. The second kappa shape index (κ2) is 5.83. The molecule has 0 radical (unpaired) electrons. The molecule has 1 aliphatic rings. The third kappa shape index (κ3) is 2.82. The molecular formula is C18H16FN3O. The van der Waals surface area contributed by atoms with E-state index in [1.54, 1.807) is 6.07 Å². The molecule has 0 aliphatic carbocycles. The van der Waals surface area contributed by atoms with Gasteiger partial charge in [-0.05, 0) is 36.1 Å². The summed E-state index contributed by atoms with van der Waals surface area (Å²) in [6.45, 7) is 1.94.